The topological polar surface area (TPSA) is 72.2 Å². The zero-order valence-corrected chi connectivity index (χ0v) is 9.58. The number of rotatable bonds is 2. The molecule has 0 radical (unpaired) electrons. The summed E-state index contributed by atoms with van der Waals surface area (Å²) in [5.74, 6) is 0. The van der Waals surface area contributed by atoms with Gasteiger partial charge in [-0.1, -0.05) is 18.2 Å². The molecule has 2 rings (SSSR count). The summed E-state index contributed by atoms with van der Waals surface area (Å²) < 4.78 is 25.5. The molecule has 0 bridgehead atoms. The summed E-state index contributed by atoms with van der Waals surface area (Å²) in [5, 5.41) is 1.67. The molecule has 4 nitrogen and oxygen atoms in total. The first-order valence-corrected chi connectivity index (χ1v) is 6.25. The lowest BCUT2D eigenvalue weighted by Gasteiger charge is -2.05. The first-order valence-electron chi connectivity index (χ1n) is 4.76. The quantitative estimate of drug-likeness (QED) is 0.773. The van der Waals surface area contributed by atoms with E-state index < -0.39 is 10.0 Å². The molecular weight excluding hydrogens is 224 g/mol. The lowest BCUT2D eigenvalue weighted by molar-refractivity contribution is 0.588. The third kappa shape index (κ3) is 1.75. The summed E-state index contributed by atoms with van der Waals surface area (Å²) in [5.41, 5.74) is 6.43. The summed E-state index contributed by atoms with van der Waals surface area (Å²) >= 11 is 0. The van der Waals surface area contributed by atoms with Gasteiger partial charge in [0.15, 0.2) is 0 Å². The fourth-order valence-corrected chi connectivity index (χ4v) is 2.34. The molecule has 16 heavy (non-hydrogen) atoms. The summed E-state index contributed by atoms with van der Waals surface area (Å²) in [7, 11) is -2.01. The Morgan fingerprint density at radius 1 is 1.19 bits per heavy atom. The Balaban J connectivity index is 2.71. The number of hydrogen-bond acceptors (Lipinski definition) is 3. The van der Waals surface area contributed by atoms with Gasteiger partial charge >= 0.3 is 0 Å². The summed E-state index contributed by atoms with van der Waals surface area (Å²) in [6, 6.07) is 10.3. The number of nitrogens with one attached hydrogen (secondary N) is 1. The van der Waals surface area contributed by atoms with E-state index in [1.807, 2.05) is 6.07 Å². The highest BCUT2D eigenvalue weighted by Gasteiger charge is 2.11. The van der Waals surface area contributed by atoms with E-state index in [1.165, 1.54) is 7.05 Å². The molecule has 84 valence electrons. The van der Waals surface area contributed by atoms with Crippen LogP contribution >= 0.6 is 0 Å². The van der Waals surface area contributed by atoms with Crippen molar-refractivity contribution in [2.45, 2.75) is 4.90 Å². The normalized spacial score (nSPS) is 11.8. The number of hydrogen-bond donors (Lipinski definition) is 2. The lowest BCUT2D eigenvalue weighted by Crippen LogP contribution is -2.18. The Hall–Kier alpha value is -1.59. The molecular formula is C11H12N2O2S. The maximum absolute atomic E-state index is 11.6. The van der Waals surface area contributed by atoms with Crippen LogP contribution in [-0.2, 0) is 10.0 Å². The smallest absolute Gasteiger partial charge is 0.240 e. The van der Waals surface area contributed by atoms with E-state index in [1.54, 1.807) is 30.3 Å². The molecule has 3 N–H and O–H groups in total. The number of anilines is 1. The van der Waals surface area contributed by atoms with Gasteiger partial charge < -0.3 is 5.73 Å². The third-order valence-electron chi connectivity index (χ3n) is 2.46. The van der Waals surface area contributed by atoms with Crippen molar-refractivity contribution >= 4 is 26.5 Å². The van der Waals surface area contributed by atoms with Gasteiger partial charge in [-0.15, -0.1) is 0 Å². The van der Waals surface area contributed by atoms with E-state index in [-0.39, 0.29) is 4.90 Å². The van der Waals surface area contributed by atoms with Crippen molar-refractivity contribution in [1.29, 1.82) is 0 Å². The van der Waals surface area contributed by atoms with E-state index in [9.17, 15) is 8.42 Å². The van der Waals surface area contributed by atoms with Crippen LogP contribution < -0.4 is 10.5 Å². The van der Waals surface area contributed by atoms with Crippen LogP contribution in [0.4, 0.5) is 5.69 Å². The Labute approximate surface area is 94.1 Å². The molecule has 0 atom stereocenters. The van der Waals surface area contributed by atoms with Crippen LogP contribution in [0.3, 0.4) is 0 Å². The fraction of sp³-hybridized carbons (Fsp3) is 0.0909. The minimum Gasteiger partial charge on any atom is -0.398 e. The first kappa shape index (κ1) is 10.9. The van der Waals surface area contributed by atoms with Gasteiger partial charge in [0, 0.05) is 11.1 Å². The van der Waals surface area contributed by atoms with Crippen molar-refractivity contribution in [2.24, 2.45) is 0 Å². The predicted molar refractivity (Wildman–Crippen MR) is 64.6 cm³/mol. The Bertz CT molecular complexity index is 635. The van der Waals surface area contributed by atoms with Gasteiger partial charge in [0.25, 0.3) is 0 Å². The van der Waals surface area contributed by atoms with Crippen LogP contribution in [0.5, 0.6) is 0 Å². The molecule has 0 saturated heterocycles. The average molecular weight is 236 g/mol. The van der Waals surface area contributed by atoms with Crippen LogP contribution in [0.25, 0.3) is 10.8 Å². The molecule has 5 heteroatoms. The largest absolute Gasteiger partial charge is 0.398 e. The highest BCUT2D eigenvalue weighted by atomic mass is 32.2. The Kier molecular flexibility index (Phi) is 2.57. The van der Waals surface area contributed by atoms with Gasteiger partial charge in [0.05, 0.1) is 4.90 Å². The van der Waals surface area contributed by atoms with Crippen LogP contribution in [0, 0.1) is 0 Å². The molecule has 2 aromatic carbocycles. The number of nitrogen functional groups attached to an aromatic ring is 1. The summed E-state index contributed by atoms with van der Waals surface area (Å²) in [4.78, 5) is 0.244. The second kappa shape index (κ2) is 3.77. The lowest BCUT2D eigenvalue weighted by atomic mass is 10.1. The summed E-state index contributed by atoms with van der Waals surface area (Å²) in [6.07, 6.45) is 0. The van der Waals surface area contributed by atoms with Crippen molar-refractivity contribution < 1.29 is 8.42 Å². The van der Waals surface area contributed by atoms with E-state index in [2.05, 4.69) is 4.72 Å². The molecule has 2 aromatic rings. The van der Waals surface area contributed by atoms with Crippen molar-refractivity contribution in [2.75, 3.05) is 12.8 Å². The minimum atomic E-state index is -3.39. The van der Waals surface area contributed by atoms with Crippen LogP contribution in [0.2, 0.25) is 0 Å². The monoisotopic (exact) mass is 236 g/mol. The van der Waals surface area contributed by atoms with Crippen LogP contribution in [0.1, 0.15) is 0 Å². The van der Waals surface area contributed by atoms with Crippen LogP contribution in [-0.4, -0.2) is 15.5 Å². The predicted octanol–water partition coefficient (Wildman–Crippen LogP) is 1.33. The zero-order valence-electron chi connectivity index (χ0n) is 8.77. The van der Waals surface area contributed by atoms with Gasteiger partial charge in [0.1, 0.15) is 0 Å². The average Bonchev–Trinajstić information content (AvgIpc) is 2.29. The van der Waals surface area contributed by atoms with Crippen molar-refractivity contribution in [3.05, 3.63) is 36.4 Å². The fourth-order valence-electron chi connectivity index (χ4n) is 1.57. The molecule has 0 unspecified atom stereocenters. The van der Waals surface area contributed by atoms with Gasteiger partial charge in [-0.25, -0.2) is 13.1 Å². The van der Waals surface area contributed by atoms with E-state index in [4.69, 9.17) is 5.73 Å². The molecule has 0 aliphatic carbocycles. The molecule has 0 saturated carbocycles. The number of fused-ring (bicyclic) bond motifs is 1. The van der Waals surface area contributed by atoms with Gasteiger partial charge in [-0.05, 0) is 30.6 Å². The second-order valence-electron chi connectivity index (χ2n) is 3.44. The molecule has 0 heterocycles. The molecule has 0 aliphatic rings. The van der Waals surface area contributed by atoms with E-state index in [0.29, 0.717) is 5.69 Å². The Morgan fingerprint density at radius 2 is 1.94 bits per heavy atom. The standard InChI is InChI=1S/C11H12N2O2S/c1-13-16(14,15)9-5-6-10-8(7-9)3-2-4-11(10)12/h2-7,13H,12H2,1H3. The number of benzene rings is 2. The SMILES string of the molecule is CNS(=O)(=O)c1ccc2c(N)cccc2c1. The van der Waals surface area contributed by atoms with Crippen LogP contribution in [0.15, 0.2) is 41.3 Å². The van der Waals surface area contributed by atoms with Crippen molar-refractivity contribution in [1.82, 2.24) is 4.72 Å². The Morgan fingerprint density at radius 3 is 2.62 bits per heavy atom. The minimum absolute atomic E-state index is 0.244. The molecule has 0 fully saturated rings. The summed E-state index contributed by atoms with van der Waals surface area (Å²) in [6.45, 7) is 0. The molecule has 0 aliphatic heterocycles. The third-order valence-corrected chi connectivity index (χ3v) is 3.88. The second-order valence-corrected chi connectivity index (χ2v) is 5.32. The molecule has 0 amide bonds. The van der Waals surface area contributed by atoms with E-state index >= 15 is 0 Å². The number of sulfonamides is 1. The van der Waals surface area contributed by atoms with Crippen molar-refractivity contribution in [3.8, 4) is 0 Å². The van der Waals surface area contributed by atoms with Crippen molar-refractivity contribution in [3.63, 3.8) is 0 Å². The maximum atomic E-state index is 11.6. The number of nitrogens with two attached hydrogens (primary N) is 1. The van der Waals surface area contributed by atoms with Gasteiger partial charge in [0.2, 0.25) is 10.0 Å². The highest BCUT2D eigenvalue weighted by Crippen LogP contribution is 2.23. The van der Waals surface area contributed by atoms with E-state index in [0.717, 1.165) is 10.8 Å². The first-order chi connectivity index (χ1) is 7.54. The zero-order chi connectivity index (χ0) is 11.8. The molecule has 0 aromatic heterocycles. The van der Waals surface area contributed by atoms with Gasteiger partial charge in [-0.2, -0.15) is 0 Å². The highest BCUT2D eigenvalue weighted by molar-refractivity contribution is 7.89. The van der Waals surface area contributed by atoms with Gasteiger partial charge in [-0.3, -0.25) is 0 Å². The molecule has 0 spiro atoms. The maximum Gasteiger partial charge on any atom is 0.240 e.